The molecule has 1 heterocycles. The topological polar surface area (TPSA) is 63.6 Å². The summed E-state index contributed by atoms with van der Waals surface area (Å²) in [6.07, 6.45) is 0.486. The van der Waals surface area contributed by atoms with E-state index in [0.717, 1.165) is 11.1 Å². The normalized spacial score (nSPS) is 10.6. The van der Waals surface area contributed by atoms with Gasteiger partial charge < -0.3 is 19.9 Å². The van der Waals surface area contributed by atoms with Crippen LogP contribution in [0.25, 0.3) is 0 Å². The first-order chi connectivity index (χ1) is 16.1. The standard InChI is InChI=1S/C27H25FN2O3/c1-2-21-13-14-22(26(31)25(21)28)29-23-15-16-24(32-17-19-9-5-3-6-10-19)30-27(23)33-18-20-11-7-4-8-12-20/h3-16,29,31H,2,17-18H2,1H3. The van der Waals surface area contributed by atoms with E-state index in [1.54, 1.807) is 24.3 Å². The van der Waals surface area contributed by atoms with E-state index in [9.17, 15) is 9.50 Å². The molecule has 0 fully saturated rings. The molecular formula is C27H25FN2O3. The molecule has 0 spiro atoms. The van der Waals surface area contributed by atoms with Gasteiger partial charge in [-0.2, -0.15) is 4.98 Å². The van der Waals surface area contributed by atoms with Crippen molar-refractivity contribution in [2.45, 2.75) is 26.6 Å². The van der Waals surface area contributed by atoms with Crippen LogP contribution in [0.3, 0.4) is 0 Å². The largest absolute Gasteiger partial charge is 0.503 e. The van der Waals surface area contributed by atoms with Gasteiger partial charge >= 0.3 is 0 Å². The quantitative estimate of drug-likeness (QED) is 0.293. The third-order valence-electron chi connectivity index (χ3n) is 5.13. The molecule has 0 unspecified atom stereocenters. The lowest BCUT2D eigenvalue weighted by Crippen LogP contribution is -2.04. The molecule has 0 aliphatic carbocycles. The molecule has 1 aromatic heterocycles. The molecule has 168 valence electrons. The molecule has 4 rings (SSSR count). The zero-order valence-corrected chi connectivity index (χ0v) is 18.3. The number of nitrogens with one attached hydrogen (secondary N) is 1. The number of pyridine rings is 1. The summed E-state index contributed by atoms with van der Waals surface area (Å²) in [5, 5.41) is 13.3. The third-order valence-corrected chi connectivity index (χ3v) is 5.13. The fourth-order valence-corrected chi connectivity index (χ4v) is 3.29. The van der Waals surface area contributed by atoms with Gasteiger partial charge in [-0.25, -0.2) is 4.39 Å². The summed E-state index contributed by atoms with van der Waals surface area (Å²) in [7, 11) is 0. The van der Waals surface area contributed by atoms with Crippen LogP contribution >= 0.6 is 0 Å². The summed E-state index contributed by atoms with van der Waals surface area (Å²) in [6.45, 7) is 2.49. The average Bonchev–Trinajstić information content (AvgIpc) is 2.86. The van der Waals surface area contributed by atoms with Crippen LogP contribution in [0.1, 0.15) is 23.6 Å². The number of phenolic OH excluding ortho intramolecular Hbond substituents is 1. The van der Waals surface area contributed by atoms with Crippen molar-refractivity contribution in [3.8, 4) is 17.5 Å². The highest BCUT2D eigenvalue weighted by Crippen LogP contribution is 2.35. The van der Waals surface area contributed by atoms with Gasteiger partial charge in [0.25, 0.3) is 0 Å². The van der Waals surface area contributed by atoms with Gasteiger partial charge in [0.2, 0.25) is 11.8 Å². The SMILES string of the molecule is CCc1ccc(Nc2ccc(OCc3ccccc3)nc2OCc2ccccc2)c(O)c1F. The van der Waals surface area contributed by atoms with E-state index < -0.39 is 11.6 Å². The Balaban J connectivity index is 1.58. The molecule has 2 N–H and O–H groups in total. The molecule has 33 heavy (non-hydrogen) atoms. The minimum absolute atomic E-state index is 0.231. The van der Waals surface area contributed by atoms with E-state index in [0.29, 0.717) is 36.8 Å². The second kappa shape index (κ2) is 10.5. The van der Waals surface area contributed by atoms with Gasteiger partial charge in [0.1, 0.15) is 18.9 Å². The first-order valence-electron chi connectivity index (χ1n) is 10.8. The van der Waals surface area contributed by atoms with Crippen molar-refractivity contribution in [3.63, 3.8) is 0 Å². The Morgan fingerprint density at radius 3 is 2.03 bits per heavy atom. The molecule has 3 aromatic carbocycles. The molecule has 6 heteroatoms. The van der Waals surface area contributed by atoms with Crippen molar-refractivity contribution in [2.24, 2.45) is 0 Å². The number of benzene rings is 3. The molecule has 0 radical (unpaired) electrons. The van der Waals surface area contributed by atoms with Gasteiger partial charge in [0.05, 0.1) is 5.69 Å². The highest BCUT2D eigenvalue weighted by Gasteiger charge is 2.15. The average molecular weight is 445 g/mol. The molecule has 0 atom stereocenters. The third kappa shape index (κ3) is 5.60. The van der Waals surface area contributed by atoms with Crippen molar-refractivity contribution in [3.05, 3.63) is 107 Å². The molecule has 0 saturated carbocycles. The highest BCUT2D eigenvalue weighted by atomic mass is 19.1. The number of nitrogens with zero attached hydrogens (tertiary/aromatic N) is 1. The van der Waals surface area contributed by atoms with E-state index in [2.05, 4.69) is 10.3 Å². The number of anilines is 2. The molecule has 0 saturated heterocycles. The van der Waals surface area contributed by atoms with E-state index in [1.807, 2.05) is 67.6 Å². The zero-order chi connectivity index (χ0) is 23.0. The number of phenols is 1. The Morgan fingerprint density at radius 2 is 1.39 bits per heavy atom. The van der Waals surface area contributed by atoms with Crippen molar-refractivity contribution >= 4 is 11.4 Å². The number of halogens is 1. The number of ether oxygens (including phenoxy) is 2. The van der Waals surface area contributed by atoms with Crippen LogP contribution in [0.2, 0.25) is 0 Å². The van der Waals surface area contributed by atoms with Crippen LogP contribution in [0, 0.1) is 5.82 Å². The summed E-state index contributed by atoms with van der Waals surface area (Å²) in [5.74, 6) is -0.397. The fourth-order valence-electron chi connectivity index (χ4n) is 3.29. The van der Waals surface area contributed by atoms with Gasteiger partial charge in [-0.15, -0.1) is 0 Å². The maximum atomic E-state index is 14.4. The number of aromatic hydroxyl groups is 1. The van der Waals surface area contributed by atoms with Gasteiger partial charge in [-0.05, 0) is 35.2 Å². The summed E-state index contributed by atoms with van der Waals surface area (Å²) < 4.78 is 26.2. The van der Waals surface area contributed by atoms with E-state index in [1.165, 1.54) is 0 Å². The molecule has 0 amide bonds. The number of aryl methyl sites for hydroxylation is 1. The second-order valence-electron chi connectivity index (χ2n) is 7.46. The molecule has 5 nitrogen and oxygen atoms in total. The smallest absolute Gasteiger partial charge is 0.241 e. The predicted octanol–water partition coefficient (Wildman–Crippen LogP) is 6.39. The monoisotopic (exact) mass is 444 g/mol. The lowest BCUT2D eigenvalue weighted by Gasteiger charge is -2.16. The summed E-state index contributed by atoms with van der Waals surface area (Å²) in [6, 6.07) is 26.2. The summed E-state index contributed by atoms with van der Waals surface area (Å²) in [4.78, 5) is 4.50. The Morgan fingerprint density at radius 1 is 0.788 bits per heavy atom. The Bertz CT molecular complexity index is 1200. The summed E-state index contributed by atoms with van der Waals surface area (Å²) in [5.41, 5.74) is 3.15. The van der Waals surface area contributed by atoms with Crippen molar-refractivity contribution in [1.82, 2.24) is 4.98 Å². The minimum Gasteiger partial charge on any atom is -0.503 e. The van der Waals surface area contributed by atoms with E-state index in [4.69, 9.17) is 9.47 Å². The van der Waals surface area contributed by atoms with Crippen LogP contribution in [0.15, 0.2) is 84.9 Å². The second-order valence-corrected chi connectivity index (χ2v) is 7.46. The minimum atomic E-state index is -0.634. The number of aromatic nitrogens is 1. The fraction of sp³-hybridized carbons (Fsp3) is 0.148. The Labute approximate surface area is 192 Å². The van der Waals surface area contributed by atoms with Crippen molar-refractivity contribution < 1.29 is 19.0 Å². The lowest BCUT2D eigenvalue weighted by atomic mass is 10.1. The van der Waals surface area contributed by atoms with Crippen molar-refractivity contribution in [2.75, 3.05) is 5.32 Å². The van der Waals surface area contributed by atoms with Gasteiger partial charge in [-0.3, -0.25) is 0 Å². The van der Waals surface area contributed by atoms with Crippen LogP contribution in [-0.2, 0) is 19.6 Å². The lowest BCUT2D eigenvalue weighted by molar-refractivity contribution is 0.269. The molecule has 4 aromatic rings. The van der Waals surface area contributed by atoms with E-state index >= 15 is 0 Å². The number of rotatable bonds is 9. The Kier molecular flexibility index (Phi) is 7.05. The van der Waals surface area contributed by atoms with Gasteiger partial charge in [-0.1, -0.05) is 73.7 Å². The van der Waals surface area contributed by atoms with Crippen LogP contribution in [0.4, 0.5) is 15.8 Å². The maximum absolute atomic E-state index is 14.4. The first kappa shape index (κ1) is 22.1. The van der Waals surface area contributed by atoms with Gasteiger partial charge in [0.15, 0.2) is 11.6 Å². The molecular weight excluding hydrogens is 419 g/mol. The predicted molar refractivity (Wildman–Crippen MR) is 127 cm³/mol. The van der Waals surface area contributed by atoms with Crippen molar-refractivity contribution in [1.29, 1.82) is 0 Å². The van der Waals surface area contributed by atoms with Crippen LogP contribution in [0.5, 0.6) is 17.5 Å². The zero-order valence-electron chi connectivity index (χ0n) is 18.3. The highest BCUT2D eigenvalue weighted by molar-refractivity contribution is 5.70. The van der Waals surface area contributed by atoms with Crippen LogP contribution < -0.4 is 14.8 Å². The summed E-state index contributed by atoms with van der Waals surface area (Å²) >= 11 is 0. The van der Waals surface area contributed by atoms with Gasteiger partial charge in [0, 0.05) is 6.07 Å². The number of hydrogen-bond acceptors (Lipinski definition) is 5. The molecule has 0 aliphatic heterocycles. The van der Waals surface area contributed by atoms with E-state index in [-0.39, 0.29) is 11.6 Å². The Hall–Kier alpha value is -4.06. The number of hydrogen-bond donors (Lipinski definition) is 2. The first-order valence-corrected chi connectivity index (χ1v) is 10.8. The van der Waals surface area contributed by atoms with Crippen LogP contribution in [-0.4, -0.2) is 10.1 Å². The molecule has 0 bridgehead atoms. The molecule has 0 aliphatic rings. The maximum Gasteiger partial charge on any atom is 0.241 e.